The molecule has 0 spiro atoms. The average Bonchev–Trinajstić information content (AvgIpc) is 3.51. The molecule has 28 heavy (non-hydrogen) atoms. The molecule has 0 amide bonds. The van der Waals surface area contributed by atoms with Gasteiger partial charge in [0.1, 0.15) is 12.4 Å². The molecule has 1 saturated carbocycles. The summed E-state index contributed by atoms with van der Waals surface area (Å²) in [5.74, 6) is -1.04. The number of aromatic nitrogens is 2. The fourth-order valence-electron chi connectivity index (χ4n) is 3.92. The molecule has 2 heterocycles. The Bertz CT molecular complexity index is 1030. The number of nitrogens with zero attached hydrogens (tertiary/aromatic N) is 3. The Morgan fingerprint density at radius 3 is 2.54 bits per heavy atom. The van der Waals surface area contributed by atoms with E-state index in [2.05, 4.69) is 0 Å². The first-order valence-electron chi connectivity index (χ1n) is 9.90. The Kier molecular flexibility index (Phi) is 4.95. The highest BCUT2D eigenvalue weighted by molar-refractivity contribution is 5.84. The van der Waals surface area contributed by atoms with Crippen molar-refractivity contribution < 1.29 is 13.9 Å². The fraction of sp³-hybridized carbons (Fsp3) is 0.550. The van der Waals surface area contributed by atoms with Gasteiger partial charge in [-0.3, -0.25) is 18.7 Å². The van der Waals surface area contributed by atoms with Crippen molar-refractivity contribution in [2.24, 2.45) is 0 Å². The zero-order valence-electron chi connectivity index (χ0n) is 15.9. The number of ether oxygens (including phenoxy) is 1. The van der Waals surface area contributed by atoms with Crippen LogP contribution < -0.4 is 16.1 Å². The molecule has 0 radical (unpaired) electrons. The van der Waals surface area contributed by atoms with Crippen LogP contribution in [0.2, 0.25) is 0 Å². The van der Waals surface area contributed by atoms with E-state index in [1.807, 2.05) is 4.90 Å². The van der Waals surface area contributed by atoms with E-state index in [4.69, 9.17) is 4.74 Å². The summed E-state index contributed by atoms with van der Waals surface area (Å²) in [6, 6.07) is 2.57. The third kappa shape index (κ3) is 3.31. The maximum atomic E-state index is 14.9. The van der Waals surface area contributed by atoms with Crippen molar-refractivity contribution in [1.29, 1.82) is 0 Å². The van der Waals surface area contributed by atoms with Gasteiger partial charge in [-0.25, -0.2) is 9.18 Å². The van der Waals surface area contributed by atoms with Gasteiger partial charge in [0, 0.05) is 19.1 Å². The van der Waals surface area contributed by atoms with Gasteiger partial charge in [0.25, 0.3) is 5.56 Å². The monoisotopic (exact) mass is 389 g/mol. The molecule has 8 heteroatoms. The number of hydrogen-bond acceptors (Lipinski definition) is 5. The molecular weight excluding hydrogens is 365 g/mol. The number of carbonyl (C=O) groups excluding carboxylic acids is 1. The lowest BCUT2D eigenvalue weighted by Gasteiger charge is -2.29. The molecule has 2 fully saturated rings. The van der Waals surface area contributed by atoms with Gasteiger partial charge in [-0.15, -0.1) is 0 Å². The first kappa shape index (κ1) is 18.7. The Morgan fingerprint density at radius 1 is 1.18 bits per heavy atom. The zero-order valence-corrected chi connectivity index (χ0v) is 15.9. The average molecular weight is 389 g/mol. The zero-order chi connectivity index (χ0) is 19.8. The Labute approximate surface area is 161 Å². The van der Waals surface area contributed by atoms with E-state index in [1.165, 1.54) is 16.7 Å². The summed E-state index contributed by atoms with van der Waals surface area (Å²) in [6.07, 6.45) is 4.50. The number of hydrogen-bond donors (Lipinski definition) is 0. The lowest BCUT2D eigenvalue weighted by molar-refractivity contribution is -0.143. The normalized spacial score (nSPS) is 17.1. The van der Waals surface area contributed by atoms with Crippen molar-refractivity contribution in [2.45, 2.75) is 51.6 Å². The highest BCUT2D eigenvalue weighted by atomic mass is 19.1. The van der Waals surface area contributed by atoms with Crippen molar-refractivity contribution in [3.63, 3.8) is 0 Å². The quantitative estimate of drug-likeness (QED) is 0.733. The minimum absolute atomic E-state index is 0.119. The summed E-state index contributed by atoms with van der Waals surface area (Å²) < 4.78 is 22.3. The molecule has 1 saturated heterocycles. The maximum Gasteiger partial charge on any atom is 0.332 e. The van der Waals surface area contributed by atoms with E-state index in [0.29, 0.717) is 5.69 Å². The molecule has 1 aliphatic carbocycles. The largest absolute Gasteiger partial charge is 0.465 e. The van der Waals surface area contributed by atoms with E-state index in [-0.39, 0.29) is 30.1 Å². The van der Waals surface area contributed by atoms with Crippen LogP contribution in [0.1, 0.15) is 45.1 Å². The van der Waals surface area contributed by atoms with Crippen LogP contribution in [0.25, 0.3) is 10.9 Å². The highest BCUT2D eigenvalue weighted by Gasteiger charge is 2.30. The summed E-state index contributed by atoms with van der Waals surface area (Å²) in [6.45, 7) is 3.03. The fourth-order valence-corrected chi connectivity index (χ4v) is 3.92. The summed E-state index contributed by atoms with van der Waals surface area (Å²) in [4.78, 5) is 39.9. The Hall–Kier alpha value is -2.64. The summed E-state index contributed by atoms with van der Waals surface area (Å²) in [7, 11) is 0. The van der Waals surface area contributed by atoms with E-state index in [1.54, 1.807) is 6.92 Å². The molecule has 150 valence electrons. The van der Waals surface area contributed by atoms with Crippen LogP contribution in [0, 0.1) is 5.82 Å². The molecule has 4 rings (SSSR count). The number of esters is 1. The third-order valence-electron chi connectivity index (χ3n) is 5.44. The second kappa shape index (κ2) is 7.41. The molecule has 0 atom stereocenters. The van der Waals surface area contributed by atoms with Gasteiger partial charge in [-0.1, -0.05) is 0 Å². The molecular formula is C20H24FN3O4. The summed E-state index contributed by atoms with van der Waals surface area (Å²) in [5.41, 5.74) is -0.384. The first-order valence-corrected chi connectivity index (χ1v) is 9.90. The van der Waals surface area contributed by atoms with Gasteiger partial charge in [-0.05, 0) is 51.2 Å². The van der Waals surface area contributed by atoms with E-state index in [0.717, 1.165) is 49.8 Å². The second-order valence-electron chi connectivity index (χ2n) is 7.45. The lowest BCUT2D eigenvalue weighted by Crippen LogP contribution is -2.41. The van der Waals surface area contributed by atoms with Gasteiger partial charge in [0.15, 0.2) is 0 Å². The standard InChI is InChI=1S/C20H24FN3O4/c1-2-28-18(25)12-23-16-11-17(22-8-4-3-5-9-22)15(21)10-14(16)19(26)24(20(23)27)13-6-7-13/h10-11,13H,2-9,12H2,1H3. The minimum atomic E-state index is -0.559. The summed E-state index contributed by atoms with van der Waals surface area (Å²) in [5, 5.41) is 0.119. The molecule has 7 nitrogen and oxygen atoms in total. The van der Waals surface area contributed by atoms with Crippen LogP contribution in [0.5, 0.6) is 0 Å². The maximum absolute atomic E-state index is 14.9. The summed E-state index contributed by atoms with van der Waals surface area (Å²) >= 11 is 0. The number of rotatable bonds is 5. The Balaban J connectivity index is 1.92. The van der Waals surface area contributed by atoms with Crippen molar-refractivity contribution in [3.8, 4) is 0 Å². The number of anilines is 1. The second-order valence-corrected chi connectivity index (χ2v) is 7.45. The predicted molar refractivity (Wildman–Crippen MR) is 103 cm³/mol. The highest BCUT2D eigenvalue weighted by Crippen LogP contribution is 2.33. The van der Waals surface area contributed by atoms with Crippen molar-refractivity contribution in [3.05, 3.63) is 38.8 Å². The smallest absolute Gasteiger partial charge is 0.332 e. The molecule has 0 unspecified atom stereocenters. The Morgan fingerprint density at radius 2 is 1.89 bits per heavy atom. The first-order chi connectivity index (χ1) is 13.5. The number of halogens is 1. The van der Waals surface area contributed by atoms with E-state index >= 15 is 0 Å². The minimum Gasteiger partial charge on any atom is -0.465 e. The molecule has 1 aromatic carbocycles. The van der Waals surface area contributed by atoms with Crippen LogP contribution in [-0.2, 0) is 16.1 Å². The molecule has 1 aliphatic heterocycles. The van der Waals surface area contributed by atoms with Crippen LogP contribution in [0.4, 0.5) is 10.1 Å². The van der Waals surface area contributed by atoms with Gasteiger partial charge < -0.3 is 9.64 Å². The molecule has 1 aromatic heterocycles. The van der Waals surface area contributed by atoms with Crippen molar-refractivity contribution >= 4 is 22.6 Å². The number of benzene rings is 1. The van der Waals surface area contributed by atoms with Crippen molar-refractivity contribution in [2.75, 3.05) is 24.6 Å². The topological polar surface area (TPSA) is 73.5 Å². The van der Waals surface area contributed by atoms with Crippen molar-refractivity contribution in [1.82, 2.24) is 9.13 Å². The van der Waals surface area contributed by atoms with Gasteiger partial charge >= 0.3 is 11.7 Å². The lowest BCUT2D eigenvalue weighted by atomic mass is 10.1. The van der Waals surface area contributed by atoms with Crippen LogP contribution in [0.15, 0.2) is 21.7 Å². The predicted octanol–water partition coefficient (Wildman–Crippen LogP) is 2.19. The van der Waals surface area contributed by atoms with Crippen LogP contribution >= 0.6 is 0 Å². The molecule has 0 N–H and O–H groups in total. The van der Waals surface area contributed by atoms with Gasteiger partial charge in [0.2, 0.25) is 0 Å². The number of carbonyl (C=O) groups is 1. The van der Waals surface area contributed by atoms with Gasteiger partial charge in [0.05, 0.1) is 23.2 Å². The molecule has 0 bridgehead atoms. The SMILES string of the molecule is CCOC(=O)Cn1c(=O)n(C2CC2)c(=O)c2cc(F)c(N3CCCCC3)cc21. The van der Waals surface area contributed by atoms with E-state index in [9.17, 15) is 18.8 Å². The van der Waals surface area contributed by atoms with E-state index < -0.39 is 23.0 Å². The van der Waals surface area contributed by atoms with Gasteiger partial charge in [-0.2, -0.15) is 0 Å². The molecule has 2 aromatic rings. The molecule has 2 aliphatic rings. The van der Waals surface area contributed by atoms with Crippen LogP contribution in [-0.4, -0.2) is 34.8 Å². The number of piperidine rings is 1. The third-order valence-corrected chi connectivity index (χ3v) is 5.44. The number of fused-ring (bicyclic) bond motifs is 1. The van der Waals surface area contributed by atoms with Crippen LogP contribution in [0.3, 0.4) is 0 Å².